The molecule has 1 unspecified atom stereocenters. The highest BCUT2D eigenvalue weighted by Gasteiger charge is 2.17. The molecule has 1 heterocycles. The summed E-state index contributed by atoms with van der Waals surface area (Å²) in [5.74, 6) is 0.995. The van der Waals surface area contributed by atoms with E-state index in [0.29, 0.717) is 0 Å². The number of benzene rings is 1. The van der Waals surface area contributed by atoms with Crippen LogP contribution in [0.5, 0.6) is 0 Å². The van der Waals surface area contributed by atoms with Gasteiger partial charge in [0, 0.05) is 27.6 Å². The molecule has 2 rings (SSSR count). The lowest BCUT2D eigenvalue weighted by Gasteiger charge is -2.20. The van der Waals surface area contributed by atoms with Crippen LogP contribution in [0, 0.1) is 3.57 Å². The highest BCUT2D eigenvalue weighted by Crippen LogP contribution is 2.26. The van der Waals surface area contributed by atoms with E-state index >= 15 is 0 Å². The summed E-state index contributed by atoms with van der Waals surface area (Å²) in [5, 5.41) is 7.76. The second-order valence-corrected chi connectivity index (χ2v) is 6.75. The normalized spacial score (nSPS) is 12.6. The second kappa shape index (κ2) is 7.51. The molecule has 0 aliphatic carbocycles. The van der Waals surface area contributed by atoms with Gasteiger partial charge in [0.1, 0.15) is 12.2 Å². The summed E-state index contributed by atoms with van der Waals surface area (Å²) in [6.07, 6.45) is 3.56. The van der Waals surface area contributed by atoms with Gasteiger partial charge < -0.3 is 5.32 Å². The molecule has 1 atom stereocenters. The number of aryl methyl sites for hydroxylation is 1. The Morgan fingerprint density at radius 1 is 1.45 bits per heavy atom. The standard InChI is InChI=1S/C14H18BrIN4/c1-3-6-17-13(8-14-18-9-19-20(14)2)11-7-10(15)4-5-12(11)16/h4-5,7,9,13,17H,3,6,8H2,1-2H3. The Morgan fingerprint density at radius 3 is 2.90 bits per heavy atom. The van der Waals surface area contributed by atoms with Crippen molar-refractivity contribution in [3.05, 3.63) is 44.0 Å². The highest BCUT2D eigenvalue weighted by atomic mass is 127. The van der Waals surface area contributed by atoms with Gasteiger partial charge in [0.2, 0.25) is 0 Å². The highest BCUT2D eigenvalue weighted by molar-refractivity contribution is 14.1. The summed E-state index contributed by atoms with van der Waals surface area (Å²) in [6, 6.07) is 6.65. The van der Waals surface area contributed by atoms with Gasteiger partial charge in [0.05, 0.1) is 0 Å². The Labute approximate surface area is 141 Å². The summed E-state index contributed by atoms with van der Waals surface area (Å²) >= 11 is 5.95. The zero-order chi connectivity index (χ0) is 14.5. The minimum Gasteiger partial charge on any atom is -0.310 e. The minimum absolute atomic E-state index is 0.252. The number of hydrogen-bond acceptors (Lipinski definition) is 3. The Hall–Kier alpha value is -0.470. The first-order chi connectivity index (χ1) is 9.61. The third-order valence-electron chi connectivity index (χ3n) is 3.17. The van der Waals surface area contributed by atoms with E-state index in [0.717, 1.165) is 29.7 Å². The van der Waals surface area contributed by atoms with Crippen LogP contribution in [-0.4, -0.2) is 21.3 Å². The lowest BCUT2D eigenvalue weighted by atomic mass is 10.0. The first-order valence-electron chi connectivity index (χ1n) is 6.63. The molecule has 0 saturated carbocycles. The minimum atomic E-state index is 0.252. The van der Waals surface area contributed by atoms with Gasteiger partial charge in [-0.1, -0.05) is 22.9 Å². The van der Waals surface area contributed by atoms with E-state index in [1.54, 1.807) is 6.33 Å². The van der Waals surface area contributed by atoms with Gasteiger partial charge in [-0.3, -0.25) is 4.68 Å². The Balaban J connectivity index is 2.27. The first kappa shape index (κ1) is 15.9. The molecule has 0 radical (unpaired) electrons. The fourth-order valence-corrected chi connectivity index (χ4v) is 3.17. The average Bonchev–Trinajstić information content (AvgIpc) is 2.83. The molecule has 0 aliphatic heterocycles. The molecule has 20 heavy (non-hydrogen) atoms. The van der Waals surface area contributed by atoms with Crippen LogP contribution in [0.1, 0.15) is 30.8 Å². The van der Waals surface area contributed by atoms with Crippen LogP contribution in [-0.2, 0) is 13.5 Å². The van der Waals surface area contributed by atoms with Gasteiger partial charge in [-0.25, -0.2) is 4.98 Å². The lowest BCUT2D eigenvalue weighted by molar-refractivity contribution is 0.505. The van der Waals surface area contributed by atoms with Crippen molar-refractivity contribution in [1.82, 2.24) is 20.1 Å². The van der Waals surface area contributed by atoms with Gasteiger partial charge >= 0.3 is 0 Å². The average molecular weight is 449 g/mol. The fourth-order valence-electron chi connectivity index (χ4n) is 2.08. The summed E-state index contributed by atoms with van der Waals surface area (Å²) in [4.78, 5) is 4.34. The Morgan fingerprint density at radius 2 is 2.25 bits per heavy atom. The molecular weight excluding hydrogens is 431 g/mol. The molecule has 108 valence electrons. The largest absolute Gasteiger partial charge is 0.310 e. The van der Waals surface area contributed by atoms with Crippen molar-refractivity contribution in [1.29, 1.82) is 0 Å². The monoisotopic (exact) mass is 448 g/mol. The van der Waals surface area contributed by atoms with Crippen molar-refractivity contribution >= 4 is 38.5 Å². The molecule has 1 N–H and O–H groups in total. The van der Waals surface area contributed by atoms with E-state index < -0.39 is 0 Å². The molecule has 1 aromatic carbocycles. The zero-order valence-electron chi connectivity index (χ0n) is 11.6. The van der Waals surface area contributed by atoms with Crippen LogP contribution < -0.4 is 5.32 Å². The molecule has 0 fully saturated rings. The summed E-state index contributed by atoms with van der Waals surface area (Å²) in [5.41, 5.74) is 1.30. The van der Waals surface area contributed by atoms with E-state index in [1.165, 1.54) is 9.13 Å². The van der Waals surface area contributed by atoms with Crippen LogP contribution in [0.25, 0.3) is 0 Å². The van der Waals surface area contributed by atoms with E-state index in [9.17, 15) is 0 Å². The number of halogens is 2. The molecule has 4 nitrogen and oxygen atoms in total. The Kier molecular flexibility index (Phi) is 5.98. The van der Waals surface area contributed by atoms with Gasteiger partial charge in [-0.15, -0.1) is 0 Å². The zero-order valence-corrected chi connectivity index (χ0v) is 15.3. The van der Waals surface area contributed by atoms with Crippen LogP contribution in [0.15, 0.2) is 29.0 Å². The SMILES string of the molecule is CCCNC(Cc1ncnn1C)c1cc(Br)ccc1I. The maximum atomic E-state index is 4.34. The summed E-state index contributed by atoms with van der Waals surface area (Å²) < 4.78 is 4.21. The number of nitrogens with zero attached hydrogens (tertiary/aromatic N) is 3. The third kappa shape index (κ3) is 4.02. The van der Waals surface area contributed by atoms with E-state index in [-0.39, 0.29) is 6.04 Å². The molecule has 6 heteroatoms. The molecule has 0 saturated heterocycles. The van der Waals surface area contributed by atoms with Crippen molar-refractivity contribution in [3.8, 4) is 0 Å². The smallest absolute Gasteiger partial charge is 0.138 e. The summed E-state index contributed by atoms with van der Waals surface area (Å²) in [7, 11) is 1.94. The maximum absolute atomic E-state index is 4.34. The number of aromatic nitrogens is 3. The third-order valence-corrected chi connectivity index (χ3v) is 4.64. The first-order valence-corrected chi connectivity index (χ1v) is 8.50. The number of nitrogens with one attached hydrogen (secondary N) is 1. The molecule has 2 aromatic rings. The van der Waals surface area contributed by atoms with Crippen LogP contribution in [0.3, 0.4) is 0 Å². The van der Waals surface area contributed by atoms with Gasteiger partial charge in [0.15, 0.2) is 0 Å². The quantitative estimate of drug-likeness (QED) is 0.688. The second-order valence-electron chi connectivity index (χ2n) is 4.68. The molecule has 0 aliphatic rings. The van der Waals surface area contributed by atoms with Crippen molar-refractivity contribution < 1.29 is 0 Å². The van der Waals surface area contributed by atoms with Crippen molar-refractivity contribution in [2.45, 2.75) is 25.8 Å². The van der Waals surface area contributed by atoms with Gasteiger partial charge in [-0.2, -0.15) is 5.10 Å². The maximum Gasteiger partial charge on any atom is 0.138 e. The fraction of sp³-hybridized carbons (Fsp3) is 0.429. The van der Waals surface area contributed by atoms with Crippen molar-refractivity contribution in [3.63, 3.8) is 0 Å². The van der Waals surface area contributed by atoms with Crippen LogP contribution in [0.4, 0.5) is 0 Å². The van der Waals surface area contributed by atoms with Crippen molar-refractivity contribution in [2.75, 3.05) is 6.54 Å². The lowest BCUT2D eigenvalue weighted by Crippen LogP contribution is -2.26. The van der Waals surface area contributed by atoms with Crippen LogP contribution >= 0.6 is 38.5 Å². The topological polar surface area (TPSA) is 42.7 Å². The van der Waals surface area contributed by atoms with Crippen LogP contribution in [0.2, 0.25) is 0 Å². The molecule has 0 bridgehead atoms. The van der Waals surface area contributed by atoms with Gasteiger partial charge in [-0.05, 0) is 59.3 Å². The molecule has 0 spiro atoms. The molecule has 1 aromatic heterocycles. The predicted octanol–water partition coefficient (Wildman–Crippen LogP) is 3.47. The number of rotatable bonds is 6. The molecule has 0 amide bonds. The van der Waals surface area contributed by atoms with Crippen molar-refractivity contribution in [2.24, 2.45) is 7.05 Å². The van der Waals surface area contributed by atoms with E-state index in [2.05, 4.69) is 79.0 Å². The number of hydrogen-bond donors (Lipinski definition) is 1. The van der Waals surface area contributed by atoms with Gasteiger partial charge in [0.25, 0.3) is 0 Å². The summed E-state index contributed by atoms with van der Waals surface area (Å²) in [6.45, 7) is 3.17. The Bertz CT molecular complexity index is 570. The van der Waals surface area contributed by atoms with E-state index in [4.69, 9.17) is 0 Å². The predicted molar refractivity (Wildman–Crippen MR) is 92.6 cm³/mol. The van der Waals surface area contributed by atoms with E-state index in [1.807, 2.05) is 11.7 Å². The molecular formula is C14H18BrIN4.